The van der Waals surface area contributed by atoms with Gasteiger partial charge in [0.05, 0.1) is 12.6 Å². The predicted octanol–water partition coefficient (Wildman–Crippen LogP) is 0.330. The molecule has 0 spiro atoms. The molecule has 0 aliphatic rings. The van der Waals surface area contributed by atoms with Gasteiger partial charge in [0.15, 0.2) is 14.2 Å². The third-order valence-corrected chi connectivity index (χ3v) is 4.13. The maximum atomic E-state index is 12.1. The molecule has 9 nitrogen and oxygen atoms in total. The highest BCUT2D eigenvalue weighted by molar-refractivity contribution is 7.54. The van der Waals surface area contributed by atoms with E-state index in [4.69, 9.17) is 0 Å². The van der Waals surface area contributed by atoms with Crippen LogP contribution in [0.1, 0.15) is 5.56 Å². The van der Waals surface area contributed by atoms with Crippen molar-refractivity contribution < 1.29 is 14.6 Å². The number of rotatable bonds is 5. The van der Waals surface area contributed by atoms with Gasteiger partial charge in [0, 0.05) is 11.5 Å². The molecule has 0 saturated heterocycles. The van der Waals surface area contributed by atoms with Gasteiger partial charge in [-0.3, -0.25) is 9.59 Å². The summed E-state index contributed by atoms with van der Waals surface area (Å²) in [6.45, 7) is 0. The molecule has 1 aromatic carbocycles. The minimum absolute atomic E-state index is 0.00497. The van der Waals surface area contributed by atoms with Crippen molar-refractivity contribution in [3.8, 4) is 11.5 Å². The number of aromatic nitrogens is 4. The van der Waals surface area contributed by atoms with Gasteiger partial charge in [-0.1, -0.05) is 12.1 Å². The number of nitrogens with one attached hydrogen (secondary N) is 2. The first-order valence-electron chi connectivity index (χ1n) is 7.47. The average molecular weight is 371 g/mol. The van der Waals surface area contributed by atoms with Crippen molar-refractivity contribution in [3.63, 3.8) is 0 Å². The molecule has 10 heteroatoms. The van der Waals surface area contributed by atoms with E-state index in [1.807, 2.05) is 0 Å². The van der Waals surface area contributed by atoms with Crippen molar-refractivity contribution in [3.05, 3.63) is 64.7 Å². The molecule has 0 atom stereocenters. The zero-order valence-electron chi connectivity index (χ0n) is 13.3. The summed E-state index contributed by atoms with van der Waals surface area (Å²) in [5.41, 5.74) is 0.488. The lowest BCUT2D eigenvalue weighted by Gasteiger charge is -2.07. The first-order chi connectivity index (χ1) is 12.5. The van der Waals surface area contributed by atoms with Crippen molar-refractivity contribution in [2.75, 3.05) is 5.32 Å². The summed E-state index contributed by atoms with van der Waals surface area (Å²) in [4.78, 5) is 49.3. The first kappa shape index (κ1) is 17.8. The molecule has 2 heterocycles. The van der Waals surface area contributed by atoms with E-state index in [1.54, 1.807) is 30.3 Å². The zero-order chi connectivity index (χ0) is 18.5. The lowest BCUT2D eigenvalue weighted by molar-refractivity contribution is -0.115. The zero-order valence-corrected chi connectivity index (χ0v) is 14.2. The van der Waals surface area contributed by atoms with Crippen molar-refractivity contribution in [2.45, 2.75) is 6.42 Å². The van der Waals surface area contributed by atoms with Crippen LogP contribution in [-0.4, -0.2) is 35.9 Å². The van der Waals surface area contributed by atoms with E-state index in [-0.39, 0.29) is 17.9 Å². The standard InChI is InChI=1S/C16H14N5O4P/c22-14(8-10-3-1-4-11(7-10)26(24)25)19-13-9-17-15(20-16(13)23)12-5-2-6-18-21-12/h1-7,9,24-25H,8H2,(H,19,22)(H,17,20,23). The van der Waals surface area contributed by atoms with E-state index in [9.17, 15) is 19.4 Å². The monoisotopic (exact) mass is 371 g/mol. The van der Waals surface area contributed by atoms with Crippen LogP contribution in [0.25, 0.3) is 11.5 Å². The van der Waals surface area contributed by atoms with Crippen LogP contribution in [0.4, 0.5) is 5.69 Å². The normalized spacial score (nSPS) is 10.7. The summed E-state index contributed by atoms with van der Waals surface area (Å²) in [6.07, 6.45) is 2.72. The molecule has 0 aliphatic carbocycles. The van der Waals surface area contributed by atoms with Gasteiger partial charge >= 0.3 is 0 Å². The predicted molar refractivity (Wildman–Crippen MR) is 95.7 cm³/mol. The van der Waals surface area contributed by atoms with Crippen LogP contribution in [-0.2, 0) is 11.2 Å². The maximum Gasteiger partial charge on any atom is 0.274 e. The molecule has 3 rings (SSSR count). The molecule has 0 radical (unpaired) electrons. The Bertz CT molecular complexity index is 978. The van der Waals surface area contributed by atoms with Gasteiger partial charge in [-0.05, 0) is 29.8 Å². The summed E-state index contributed by atoms with van der Waals surface area (Å²) in [6, 6.07) is 9.72. The number of carbonyl (C=O) groups excluding carboxylic acids is 1. The number of amides is 1. The van der Waals surface area contributed by atoms with Crippen LogP contribution in [0.3, 0.4) is 0 Å². The van der Waals surface area contributed by atoms with E-state index < -0.39 is 19.8 Å². The topological polar surface area (TPSA) is 141 Å². The molecule has 0 saturated carbocycles. The molecule has 3 aromatic rings. The molecule has 132 valence electrons. The Morgan fingerprint density at radius 3 is 2.77 bits per heavy atom. The summed E-state index contributed by atoms with van der Waals surface area (Å²) in [7, 11) is -2.22. The van der Waals surface area contributed by atoms with Gasteiger partial charge < -0.3 is 20.1 Å². The fourth-order valence-electron chi connectivity index (χ4n) is 2.21. The van der Waals surface area contributed by atoms with Gasteiger partial charge in [0.2, 0.25) is 5.91 Å². The Morgan fingerprint density at radius 1 is 1.23 bits per heavy atom. The van der Waals surface area contributed by atoms with Crippen molar-refractivity contribution >= 4 is 25.3 Å². The van der Waals surface area contributed by atoms with Gasteiger partial charge in [-0.15, -0.1) is 5.10 Å². The van der Waals surface area contributed by atoms with E-state index in [0.29, 0.717) is 16.6 Å². The second kappa shape index (κ2) is 7.92. The van der Waals surface area contributed by atoms with Gasteiger partial charge in [-0.2, -0.15) is 5.10 Å². The number of H-pyrrole nitrogens is 1. The van der Waals surface area contributed by atoms with E-state index in [0.717, 1.165) is 0 Å². The first-order valence-corrected chi connectivity index (χ1v) is 8.72. The largest absolute Gasteiger partial charge is 0.347 e. The highest BCUT2D eigenvalue weighted by Gasteiger charge is 2.11. The van der Waals surface area contributed by atoms with Gasteiger partial charge in [0.1, 0.15) is 11.4 Å². The molecular weight excluding hydrogens is 357 g/mol. The molecule has 0 fully saturated rings. The number of hydrogen-bond acceptors (Lipinski definition) is 7. The highest BCUT2D eigenvalue weighted by Crippen LogP contribution is 2.22. The SMILES string of the molecule is O=C(Cc1cccc(P(O)O)c1)Nc1cnc(-c2cccnn2)[nH]c1=O. The van der Waals surface area contributed by atoms with Crippen LogP contribution in [0.15, 0.2) is 53.6 Å². The third-order valence-electron chi connectivity index (χ3n) is 3.39. The van der Waals surface area contributed by atoms with Crippen LogP contribution in [0.5, 0.6) is 0 Å². The average Bonchev–Trinajstić information content (AvgIpc) is 2.64. The second-order valence-electron chi connectivity index (χ2n) is 5.27. The van der Waals surface area contributed by atoms with Crippen LogP contribution in [0.2, 0.25) is 0 Å². The Morgan fingerprint density at radius 2 is 2.08 bits per heavy atom. The third kappa shape index (κ3) is 4.34. The Labute approximate surface area is 148 Å². The van der Waals surface area contributed by atoms with Crippen LogP contribution >= 0.6 is 8.38 Å². The van der Waals surface area contributed by atoms with Crippen molar-refractivity contribution in [2.24, 2.45) is 0 Å². The smallest absolute Gasteiger partial charge is 0.274 e. The number of aromatic amines is 1. The van der Waals surface area contributed by atoms with Crippen LogP contribution < -0.4 is 16.2 Å². The van der Waals surface area contributed by atoms with Gasteiger partial charge in [-0.25, -0.2) is 4.98 Å². The molecule has 0 unspecified atom stereocenters. The molecule has 0 bridgehead atoms. The van der Waals surface area contributed by atoms with E-state index in [1.165, 1.54) is 18.5 Å². The summed E-state index contributed by atoms with van der Waals surface area (Å²) >= 11 is 0. The fraction of sp³-hybridized carbons (Fsp3) is 0.0625. The minimum Gasteiger partial charge on any atom is -0.347 e. The lowest BCUT2D eigenvalue weighted by atomic mass is 10.1. The summed E-state index contributed by atoms with van der Waals surface area (Å²) in [5.74, 6) is -0.185. The molecule has 1 amide bonds. The lowest BCUT2D eigenvalue weighted by Crippen LogP contribution is -2.22. The summed E-state index contributed by atoms with van der Waals surface area (Å²) in [5, 5.41) is 10.4. The van der Waals surface area contributed by atoms with Crippen LogP contribution in [0, 0.1) is 0 Å². The Kier molecular flexibility index (Phi) is 5.43. The van der Waals surface area contributed by atoms with E-state index >= 15 is 0 Å². The molecule has 26 heavy (non-hydrogen) atoms. The van der Waals surface area contributed by atoms with Crippen molar-refractivity contribution in [1.29, 1.82) is 0 Å². The minimum atomic E-state index is -2.22. The summed E-state index contributed by atoms with van der Waals surface area (Å²) < 4.78 is 0. The number of nitrogens with zero attached hydrogens (tertiary/aromatic N) is 3. The Balaban J connectivity index is 1.72. The van der Waals surface area contributed by atoms with Gasteiger partial charge in [0.25, 0.3) is 5.56 Å². The molecular formula is C16H14N5O4P. The van der Waals surface area contributed by atoms with E-state index in [2.05, 4.69) is 25.5 Å². The Hall–Kier alpha value is -3.00. The number of benzene rings is 1. The number of carbonyl (C=O) groups is 1. The second-order valence-corrected chi connectivity index (χ2v) is 6.36. The number of anilines is 1. The molecule has 0 aliphatic heterocycles. The quantitative estimate of drug-likeness (QED) is 0.474. The molecule has 4 N–H and O–H groups in total. The highest BCUT2D eigenvalue weighted by atomic mass is 31.2. The molecule has 2 aromatic heterocycles. The maximum absolute atomic E-state index is 12.1. The van der Waals surface area contributed by atoms with Crippen molar-refractivity contribution in [1.82, 2.24) is 20.2 Å². The number of hydrogen-bond donors (Lipinski definition) is 4. The fourth-order valence-corrected chi connectivity index (χ4v) is 2.71.